The highest BCUT2D eigenvalue weighted by atomic mass is 16.3. The lowest BCUT2D eigenvalue weighted by Gasteiger charge is -2.27. The molecule has 0 unspecified atom stereocenters. The predicted octanol–water partition coefficient (Wildman–Crippen LogP) is 2.12. The molecule has 13 heavy (non-hydrogen) atoms. The molecule has 1 aliphatic heterocycles. The summed E-state index contributed by atoms with van der Waals surface area (Å²) in [7, 11) is 0. The van der Waals surface area contributed by atoms with Gasteiger partial charge in [0.25, 0.3) is 0 Å². The summed E-state index contributed by atoms with van der Waals surface area (Å²) in [6.45, 7) is 2.23. The first-order chi connectivity index (χ1) is 6.43. The first kappa shape index (κ1) is 7.15. The van der Waals surface area contributed by atoms with Crippen molar-refractivity contribution in [3.8, 4) is 0 Å². The number of fused-ring (bicyclic) bond motifs is 1. The molecule has 3 rings (SSSR count). The second-order valence-corrected chi connectivity index (χ2v) is 3.57. The van der Waals surface area contributed by atoms with E-state index in [4.69, 9.17) is 4.42 Å². The monoisotopic (exact) mass is 173 g/mol. The number of rotatable bonds is 1. The number of hydrogen-bond acceptors (Lipinski definition) is 2. The average Bonchev–Trinajstić information content (AvgIpc) is 2.47. The van der Waals surface area contributed by atoms with Crippen LogP contribution in [0.25, 0.3) is 11.0 Å². The van der Waals surface area contributed by atoms with Crippen LogP contribution in [0.1, 0.15) is 11.5 Å². The molecule has 1 aromatic carbocycles. The second-order valence-electron chi connectivity index (χ2n) is 3.57. The summed E-state index contributed by atoms with van der Waals surface area (Å²) in [6.07, 6.45) is 1.74. The van der Waals surface area contributed by atoms with Crippen molar-refractivity contribution in [3.63, 3.8) is 0 Å². The largest absolute Gasteiger partial charge is 0.464 e. The lowest BCUT2D eigenvalue weighted by Crippen LogP contribution is -2.39. The Bertz CT molecular complexity index is 428. The molecule has 1 aromatic heterocycles. The Morgan fingerprint density at radius 3 is 2.92 bits per heavy atom. The SMILES string of the molecule is c1cc2cc(C3CNC3)ccc2o1. The molecule has 0 saturated carbocycles. The van der Waals surface area contributed by atoms with E-state index < -0.39 is 0 Å². The molecule has 66 valence electrons. The van der Waals surface area contributed by atoms with Crippen LogP contribution in [0.4, 0.5) is 0 Å². The molecule has 2 heterocycles. The molecule has 0 bridgehead atoms. The Morgan fingerprint density at radius 2 is 2.15 bits per heavy atom. The summed E-state index contributed by atoms with van der Waals surface area (Å²) in [4.78, 5) is 0. The standard InChI is InChI=1S/C11H11NO/c1-2-11-9(3-4-13-11)5-8(1)10-6-12-7-10/h1-5,10,12H,6-7H2. The first-order valence-electron chi connectivity index (χ1n) is 4.61. The minimum Gasteiger partial charge on any atom is -0.464 e. The average molecular weight is 173 g/mol. The number of nitrogens with one attached hydrogen (secondary N) is 1. The lowest BCUT2D eigenvalue weighted by atomic mass is 9.93. The maximum atomic E-state index is 5.29. The van der Waals surface area contributed by atoms with Crippen molar-refractivity contribution >= 4 is 11.0 Å². The van der Waals surface area contributed by atoms with Crippen LogP contribution in [-0.4, -0.2) is 13.1 Å². The van der Waals surface area contributed by atoms with Crippen LogP contribution in [0, 0.1) is 0 Å². The van der Waals surface area contributed by atoms with E-state index >= 15 is 0 Å². The Labute approximate surface area is 76.5 Å². The van der Waals surface area contributed by atoms with Gasteiger partial charge >= 0.3 is 0 Å². The molecule has 1 saturated heterocycles. The third-order valence-corrected chi connectivity index (χ3v) is 2.73. The van der Waals surface area contributed by atoms with Crippen molar-refractivity contribution in [2.24, 2.45) is 0 Å². The zero-order chi connectivity index (χ0) is 8.67. The molecule has 0 atom stereocenters. The lowest BCUT2D eigenvalue weighted by molar-refractivity contribution is 0.448. The topological polar surface area (TPSA) is 25.2 Å². The minimum absolute atomic E-state index is 0.708. The van der Waals surface area contributed by atoms with Gasteiger partial charge in [-0.15, -0.1) is 0 Å². The van der Waals surface area contributed by atoms with Gasteiger partial charge in [-0.3, -0.25) is 0 Å². The summed E-state index contributed by atoms with van der Waals surface area (Å²) in [5.74, 6) is 0.708. The summed E-state index contributed by atoms with van der Waals surface area (Å²) in [6, 6.07) is 8.47. The molecule has 0 radical (unpaired) electrons. The highest BCUT2D eigenvalue weighted by Gasteiger charge is 2.18. The molecule has 2 heteroatoms. The van der Waals surface area contributed by atoms with Crippen LogP contribution < -0.4 is 5.32 Å². The molecule has 0 spiro atoms. The van der Waals surface area contributed by atoms with Gasteiger partial charge < -0.3 is 9.73 Å². The van der Waals surface area contributed by atoms with Crippen LogP contribution in [0.15, 0.2) is 34.9 Å². The predicted molar refractivity (Wildman–Crippen MR) is 51.8 cm³/mol. The Hall–Kier alpha value is -1.28. The fourth-order valence-corrected chi connectivity index (χ4v) is 1.76. The van der Waals surface area contributed by atoms with Crippen molar-refractivity contribution in [3.05, 3.63) is 36.1 Å². The van der Waals surface area contributed by atoms with Crippen molar-refractivity contribution in [1.29, 1.82) is 0 Å². The summed E-state index contributed by atoms with van der Waals surface area (Å²) in [5, 5.41) is 4.49. The zero-order valence-corrected chi connectivity index (χ0v) is 7.29. The minimum atomic E-state index is 0.708. The number of furan rings is 1. The van der Waals surface area contributed by atoms with Crippen molar-refractivity contribution in [2.45, 2.75) is 5.92 Å². The Balaban J connectivity index is 2.09. The Kier molecular flexibility index (Phi) is 1.43. The van der Waals surface area contributed by atoms with E-state index in [-0.39, 0.29) is 0 Å². The maximum Gasteiger partial charge on any atom is 0.133 e. The maximum absolute atomic E-state index is 5.29. The normalized spacial score (nSPS) is 17.5. The third-order valence-electron chi connectivity index (χ3n) is 2.73. The third kappa shape index (κ3) is 1.06. The Morgan fingerprint density at radius 1 is 1.23 bits per heavy atom. The van der Waals surface area contributed by atoms with E-state index in [9.17, 15) is 0 Å². The van der Waals surface area contributed by atoms with Crippen LogP contribution in [0.2, 0.25) is 0 Å². The van der Waals surface area contributed by atoms with Crippen LogP contribution in [0.3, 0.4) is 0 Å². The van der Waals surface area contributed by atoms with Crippen molar-refractivity contribution in [2.75, 3.05) is 13.1 Å². The fraction of sp³-hybridized carbons (Fsp3) is 0.273. The van der Waals surface area contributed by atoms with Gasteiger partial charge in [0.2, 0.25) is 0 Å². The summed E-state index contributed by atoms with van der Waals surface area (Å²) < 4.78 is 5.29. The smallest absolute Gasteiger partial charge is 0.133 e. The molecule has 1 fully saturated rings. The fourth-order valence-electron chi connectivity index (χ4n) is 1.76. The molecule has 0 amide bonds. The summed E-state index contributed by atoms with van der Waals surface area (Å²) in [5.41, 5.74) is 2.41. The van der Waals surface area contributed by atoms with E-state index in [1.807, 2.05) is 6.07 Å². The number of benzene rings is 1. The molecule has 0 aliphatic carbocycles. The second kappa shape index (κ2) is 2.60. The molecule has 1 N–H and O–H groups in total. The molecular weight excluding hydrogens is 162 g/mol. The van der Waals surface area contributed by atoms with Gasteiger partial charge in [0.05, 0.1) is 6.26 Å². The first-order valence-corrected chi connectivity index (χ1v) is 4.61. The quantitative estimate of drug-likeness (QED) is 0.714. The highest BCUT2D eigenvalue weighted by molar-refractivity contribution is 5.77. The van der Waals surface area contributed by atoms with E-state index in [1.165, 1.54) is 10.9 Å². The van der Waals surface area contributed by atoms with Gasteiger partial charge in [-0.25, -0.2) is 0 Å². The van der Waals surface area contributed by atoms with E-state index in [0.29, 0.717) is 5.92 Å². The van der Waals surface area contributed by atoms with E-state index in [0.717, 1.165) is 18.7 Å². The van der Waals surface area contributed by atoms with E-state index in [2.05, 4.69) is 23.5 Å². The van der Waals surface area contributed by atoms with Gasteiger partial charge in [-0.05, 0) is 23.8 Å². The van der Waals surface area contributed by atoms with E-state index in [1.54, 1.807) is 6.26 Å². The molecular formula is C11H11NO. The van der Waals surface area contributed by atoms with Crippen LogP contribution in [0.5, 0.6) is 0 Å². The zero-order valence-electron chi connectivity index (χ0n) is 7.29. The van der Waals surface area contributed by atoms with Gasteiger partial charge in [-0.1, -0.05) is 6.07 Å². The van der Waals surface area contributed by atoms with Gasteiger partial charge in [-0.2, -0.15) is 0 Å². The van der Waals surface area contributed by atoms with Gasteiger partial charge in [0.15, 0.2) is 0 Å². The summed E-state index contributed by atoms with van der Waals surface area (Å²) >= 11 is 0. The molecule has 1 aliphatic rings. The highest BCUT2D eigenvalue weighted by Crippen LogP contribution is 2.24. The van der Waals surface area contributed by atoms with Gasteiger partial charge in [0, 0.05) is 24.4 Å². The van der Waals surface area contributed by atoms with Crippen molar-refractivity contribution < 1.29 is 4.42 Å². The molecule has 2 aromatic rings. The number of hydrogen-bond donors (Lipinski definition) is 1. The van der Waals surface area contributed by atoms with Crippen LogP contribution in [-0.2, 0) is 0 Å². The molecule has 2 nitrogen and oxygen atoms in total. The van der Waals surface area contributed by atoms with Crippen molar-refractivity contribution in [1.82, 2.24) is 5.32 Å². The van der Waals surface area contributed by atoms with Crippen LogP contribution >= 0.6 is 0 Å². The van der Waals surface area contributed by atoms with Gasteiger partial charge in [0.1, 0.15) is 5.58 Å².